The molecule has 0 saturated carbocycles. The smallest absolute Gasteiger partial charge is 0.129 e. The van der Waals surface area contributed by atoms with Gasteiger partial charge in [0.2, 0.25) is 0 Å². The Bertz CT molecular complexity index is 263. The molecule has 2 unspecified atom stereocenters. The zero-order valence-corrected chi connectivity index (χ0v) is 6.81. The first-order valence-electron chi connectivity index (χ1n) is 3.69. The van der Waals surface area contributed by atoms with Gasteiger partial charge in [-0.2, -0.15) is 0 Å². The Morgan fingerprint density at radius 3 is 2.67 bits per heavy atom. The molecule has 1 aromatic rings. The van der Waals surface area contributed by atoms with Gasteiger partial charge in [0.05, 0.1) is 6.10 Å². The van der Waals surface area contributed by atoms with E-state index in [1.807, 2.05) is 0 Å². The van der Waals surface area contributed by atoms with E-state index in [0.717, 1.165) is 0 Å². The van der Waals surface area contributed by atoms with Crippen molar-refractivity contribution < 1.29 is 10.2 Å². The van der Waals surface area contributed by atoms with Crippen molar-refractivity contribution in [2.45, 2.75) is 19.1 Å². The molecule has 0 radical (unpaired) electrons. The molecule has 1 aromatic heterocycles. The fraction of sp³-hybridized carbons (Fsp3) is 0.375. The van der Waals surface area contributed by atoms with Gasteiger partial charge in [-0.1, -0.05) is 6.07 Å². The first kappa shape index (κ1) is 8.96. The largest absolute Gasteiger partial charge is 0.390 e. The molecule has 0 aliphatic rings. The Morgan fingerprint density at radius 2 is 2.17 bits per heavy atom. The number of aliphatic hydroxyl groups is 2. The van der Waals surface area contributed by atoms with Crippen LogP contribution in [-0.2, 0) is 0 Å². The lowest BCUT2D eigenvalue weighted by atomic mass is 10.1. The molecule has 0 aliphatic heterocycles. The number of aliphatic hydroxyl groups excluding tert-OH is 2. The first-order chi connectivity index (χ1) is 5.63. The Hall–Kier alpha value is -1.13. The monoisotopic (exact) mass is 168 g/mol. The van der Waals surface area contributed by atoms with Crippen molar-refractivity contribution >= 4 is 5.82 Å². The van der Waals surface area contributed by atoms with Gasteiger partial charge in [0.15, 0.2) is 0 Å². The molecular formula is C8H12N2O2. The van der Waals surface area contributed by atoms with Gasteiger partial charge < -0.3 is 15.9 Å². The van der Waals surface area contributed by atoms with E-state index in [9.17, 15) is 5.11 Å². The highest BCUT2D eigenvalue weighted by molar-refractivity contribution is 5.40. The maximum Gasteiger partial charge on any atom is 0.129 e. The molecule has 66 valence electrons. The first-order valence-corrected chi connectivity index (χ1v) is 3.69. The molecule has 0 saturated heterocycles. The van der Waals surface area contributed by atoms with E-state index >= 15 is 0 Å². The van der Waals surface area contributed by atoms with E-state index in [-0.39, 0.29) is 5.82 Å². The summed E-state index contributed by atoms with van der Waals surface area (Å²) in [7, 11) is 0. The number of nitrogens with two attached hydrogens (primary N) is 1. The number of rotatable bonds is 2. The molecule has 2 atom stereocenters. The van der Waals surface area contributed by atoms with E-state index in [1.165, 1.54) is 13.1 Å². The molecular weight excluding hydrogens is 156 g/mol. The van der Waals surface area contributed by atoms with Crippen LogP contribution in [0.2, 0.25) is 0 Å². The molecule has 0 bridgehead atoms. The lowest BCUT2D eigenvalue weighted by Gasteiger charge is -2.14. The van der Waals surface area contributed by atoms with Gasteiger partial charge in [0.25, 0.3) is 0 Å². The number of anilines is 1. The number of aromatic nitrogens is 1. The second-order valence-electron chi connectivity index (χ2n) is 2.66. The average molecular weight is 168 g/mol. The molecule has 4 nitrogen and oxygen atoms in total. The SMILES string of the molecule is CC(O)C(O)c1cccnc1N. The van der Waals surface area contributed by atoms with Crippen molar-refractivity contribution in [1.82, 2.24) is 4.98 Å². The molecule has 0 amide bonds. The third kappa shape index (κ3) is 1.72. The molecule has 0 spiro atoms. The minimum Gasteiger partial charge on any atom is -0.390 e. The zero-order valence-electron chi connectivity index (χ0n) is 6.81. The van der Waals surface area contributed by atoms with Crippen molar-refractivity contribution in [1.29, 1.82) is 0 Å². The molecule has 0 aromatic carbocycles. The molecule has 1 rings (SSSR count). The topological polar surface area (TPSA) is 79.4 Å². The van der Waals surface area contributed by atoms with Gasteiger partial charge in [-0.25, -0.2) is 4.98 Å². The number of hydrogen-bond acceptors (Lipinski definition) is 4. The van der Waals surface area contributed by atoms with E-state index in [0.29, 0.717) is 5.56 Å². The van der Waals surface area contributed by atoms with Crippen LogP contribution < -0.4 is 5.73 Å². The molecule has 1 heterocycles. The van der Waals surface area contributed by atoms with Crippen LogP contribution in [0.5, 0.6) is 0 Å². The summed E-state index contributed by atoms with van der Waals surface area (Å²) in [6, 6.07) is 3.30. The maximum absolute atomic E-state index is 9.41. The summed E-state index contributed by atoms with van der Waals surface area (Å²) < 4.78 is 0. The van der Waals surface area contributed by atoms with Crippen LogP contribution in [0.1, 0.15) is 18.6 Å². The van der Waals surface area contributed by atoms with E-state index in [4.69, 9.17) is 10.8 Å². The second kappa shape index (κ2) is 3.51. The van der Waals surface area contributed by atoms with Crippen molar-refractivity contribution in [2.24, 2.45) is 0 Å². The van der Waals surface area contributed by atoms with E-state index < -0.39 is 12.2 Å². The van der Waals surface area contributed by atoms with Gasteiger partial charge in [-0.3, -0.25) is 0 Å². The summed E-state index contributed by atoms with van der Waals surface area (Å²) in [5, 5.41) is 18.5. The van der Waals surface area contributed by atoms with Gasteiger partial charge in [-0.15, -0.1) is 0 Å². The minimum atomic E-state index is -0.960. The average Bonchev–Trinajstić information content (AvgIpc) is 2.04. The Labute approximate surface area is 70.7 Å². The highest BCUT2D eigenvalue weighted by Crippen LogP contribution is 2.20. The fourth-order valence-electron chi connectivity index (χ4n) is 0.940. The van der Waals surface area contributed by atoms with E-state index in [1.54, 1.807) is 12.1 Å². The summed E-state index contributed by atoms with van der Waals surface area (Å²) in [6.45, 7) is 1.50. The van der Waals surface area contributed by atoms with Crippen LogP contribution in [0.4, 0.5) is 5.82 Å². The lowest BCUT2D eigenvalue weighted by molar-refractivity contribution is 0.0308. The minimum absolute atomic E-state index is 0.255. The lowest BCUT2D eigenvalue weighted by Crippen LogP contribution is -2.15. The summed E-state index contributed by atoms with van der Waals surface area (Å²) in [6.07, 6.45) is -0.261. The highest BCUT2D eigenvalue weighted by Gasteiger charge is 2.15. The van der Waals surface area contributed by atoms with Crippen LogP contribution in [-0.4, -0.2) is 21.3 Å². The Morgan fingerprint density at radius 1 is 1.50 bits per heavy atom. The van der Waals surface area contributed by atoms with Crippen LogP contribution >= 0.6 is 0 Å². The Balaban J connectivity index is 2.94. The van der Waals surface area contributed by atoms with Crippen molar-refractivity contribution in [3.05, 3.63) is 23.9 Å². The summed E-state index contributed by atoms with van der Waals surface area (Å²) in [4.78, 5) is 3.79. The summed E-state index contributed by atoms with van der Waals surface area (Å²) in [5.41, 5.74) is 5.94. The predicted octanol–water partition coefficient (Wildman–Crippen LogP) is 0.0780. The van der Waals surface area contributed by atoms with Gasteiger partial charge >= 0.3 is 0 Å². The fourth-order valence-corrected chi connectivity index (χ4v) is 0.940. The van der Waals surface area contributed by atoms with Gasteiger partial charge in [-0.05, 0) is 13.0 Å². The quantitative estimate of drug-likeness (QED) is 0.584. The highest BCUT2D eigenvalue weighted by atomic mass is 16.3. The standard InChI is InChI=1S/C8H12N2O2/c1-5(11)7(12)6-3-2-4-10-8(6)9/h2-5,7,11-12H,1H3,(H2,9,10). The summed E-state index contributed by atoms with van der Waals surface area (Å²) >= 11 is 0. The van der Waals surface area contributed by atoms with E-state index in [2.05, 4.69) is 4.98 Å². The van der Waals surface area contributed by atoms with Crippen molar-refractivity contribution in [3.8, 4) is 0 Å². The van der Waals surface area contributed by atoms with Crippen LogP contribution in [0.15, 0.2) is 18.3 Å². The van der Waals surface area contributed by atoms with Crippen molar-refractivity contribution in [2.75, 3.05) is 5.73 Å². The van der Waals surface area contributed by atoms with Crippen LogP contribution in [0.25, 0.3) is 0 Å². The van der Waals surface area contributed by atoms with Crippen molar-refractivity contribution in [3.63, 3.8) is 0 Å². The molecule has 4 heteroatoms. The third-order valence-electron chi connectivity index (χ3n) is 1.65. The number of hydrogen-bond donors (Lipinski definition) is 3. The van der Waals surface area contributed by atoms with Crippen LogP contribution in [0, 0.1) is 0 Å². The maximum atomic E-state index is 9.41. The second-order valence-corrected chi connectivity index (χ2v) is 2.66. The molecule has 12 heavy (non-hydrogen) atoms. The predicted molar refractivity (Wildman–Crippen MR) is 45.3 cm³/mol. The van der Waals surface area contributed by atoms with Gasteiger partial charge in [0, 0.05) is 11.8 Å². The molecule has 0 fully saturated rings. The molecule has 4 N–H and O–H groups in total. The number of nitrogens with zero attached hydrogens (tertiary/aromatic N) is 1. The normalized spacial score (nSPS) is 15.6. The zero-order chi connectivity index (χ0) is 9.14. The third-order valence-corrected chi connectivity index (χ3v) is 1.65. The Kier molecular flexibility index (Phi) is 2.62. The number of nitrogen functional groups attached to an aromatic ring is 1. The molecule has 0 aliphatic carbocycles. The van der Waals surface area contributed by atoms with Crippen LogP contribution in [0.3, 0.4) is 0 Å². The number of pyridine rings is 1. The summed E-state index contributed by atoms with van der Waals surface area (Å²) in [5.74, 6) is 0.255. The van der Waals surface area contributed by atoms with Gasteiger partial charge in [0.1, 0.15) is 11.9 Å².